The molecule has 2 aromatic rings. The van der Waals surface area contributed by atoms with Crippen molar-refractivity contribution in [3.8, 4) is 5.75 Å². The summed E-state index contributed by atoms with van der Waals surface area (Å²) in [6, 6.07) is 6.38. The first-order valence-electron chi connectivity index (χ1n) is 5.85. The fourth-order valence-electron chi connectivity index (χ4n) is 1.60. The lowest BCUT2D eigenvalue weighted by atomic mass is 10.2. The molecule has 0 saturated carbocycles. The molecule has 1 amide bonds. The van der Waals surface area contributed by atoms with E-state index in [4.69, 9.17) is 9.84 Å². The van der Waals surface area contributed by atoms with E-state index in [1.807, 2.05) is 0 Å². The SMILES string of the molecule is COc1cc(C(=O)Nc2ccc(C(=O)O)nc2)ccc1F. The van der Waals surface area contributed by atoms with E-state index in [0.717, 1.165) is 6.07 Å². The fourth-order valence-corrected chi connectivity index (χ4v) is 1.60. The highest BCUT2D eigenvalue weighted by atomic mass is 19.1. The number of methoxy groups -OCH3 is 1. The minimum absolute atomic E-state index is 0.0398. The second-order valence-electron chi connectivity index (χ2n) is 4.04. The number of rotatable bonds is 4. The minimum atomic E-state index is -1.16. The van der Waals surface area contributed by atoms with E-state index in [0.29, 0.717) is 5.69 Å². The number of ether oxygens (including phenoxy) is 1. The number of anilines is 1. The van der Waals surface area contributed by atoms with Crippen molar-refractivity contribution in [2.75, 3.05) is 12.4 Å². The molecule has 1 aromatic heterocycles. The van der Waals surface area contributed by atoms with Crippen molar-refractivity contribution in [3.63, 3.8) is 0 Å². The Hall–Kier alpha value is -2.96. The number of carboxylic acid groups (broad SMARTS) is 1. The predicted molar refractivity (Wildman–Crippen MR) is 72.1 cm³/mol. The molecular weight excluding hydrogens is 279 g/mol. The van der Waals surface area contributed by atoms with Gasteiger partial charge in [-0.25, -0.2) is 14.2 Å². The molecule has 1 aromatic carbocycles. The van der Waals surface area contributed by atoms with Crippen LogP contribution in [0.2, 0.25) is 0 Å². The number of aromatic nitrogens is 1. The van der Waals surface area contributed by atoms with E-state index in [1.54, 1.807) is 0 Å². The Kier molecular flexibility index (Phi) is 4.13. The Bertz CT molecular complexity index is 686. The van der Waals surface area contributed by atoms with Gasteiger partial charge in [0.2, 0.25) is 0 Å². The quantitative estimate of drug-likeness (QED) is 0.901. The number of amides is 1. The molecule has 0 aliphatic heterocycles. The molecule has 108 valence electrons. The van der Waals surface area contributed by atoms with Gasteiger partial charge in [0.15, 0.2) is 11.6 Å². The smallest absolute Gasteiger partial charge is 0.354 e. The first-order chi connectivity index (χ1) is 10.0. The maximum atomic E-state index is 13.3. The number of carboxylic acids is 1. The Morgan fingerprint density at radius 1 is 1.29 bits per heavy atom. The first-order valence-corrected chi connectivity index (χ1v) is 5.85. The highest BCUT2D eigenvalue weighted by Gasteiger charge is 2.11. The maximum absolute atomic E-state index is 13.3. The molecule has 0 saturated heterocycles. The molecule has 0 aliphatic carbocycles. The van der Waals surface area contributed by atoms with E-state index in [2.05, 4.69) is 10.3 Å². The monoisotopic (exact) mass is 290 g/mol. The summed E-state index contributed by atoms with van der Waals surface area (Å²) < 4.78 is 18.1. The highest BCUT2D eigenvalue weighted by Crippen LogP contribution is 2.19. The standard InChI is InChI=1S/C14H11FN2O4/c1-21-12-6-8(2-4-10(12)15)13(18)17-9-3-5-11(14(19)20)16-7-9/h2-7H,1H3,(H,17,18)(H,19,20). The maximum Gasteiger partial charge on any atom is 0.354 e. The summed E-state index contributed by atoms with van der Waals surface area (Å²) in [4.78, 5) is 26.3. The average Bonchev–Trinajstić information content (AvgIpc) is 2.48. The van der Waals surface area contributed by atoms with Crippen molar-refractivity contribution in [1.29, 1.82) is 0 Å². The van der Waals surface area contributed by atoms with Gasteiger partial charge in [-0.3, -0.25) is 4.79 Å². The van der Waals surface area contributed by atoms with Crippen LogP contribution in [0.15, 0.2) is 36.5 Å². The summed E-state index contributed by atoms with van der Waals surface area (Å²) >= 11 is 0. The molecule has 2 N–H and O–H groups in total. The van der Waals surface area contributed by atoms with Gasteiger partial charge < -0.3 is 15.2 Å². The van der Waals surface area contributed by atoms with E-state index in [1.165, 1.54) is 37.6 Å². The van der Waals surface area contributed by atoms with Crippen molar-refractivity contribution in [1.82, 2.24) is 4.98 Å². The molecule has 21 heavy (non-hydrogen) atoms. The Morgan fingerprint density at radius 3 is 2.62 bits per heavy atom. The summed E-state index contributed by atoms with van der Waals surface area (Å²) in [5.74, 6) is -2.25. The zero-order valence-corrected chi connectivity index (χ0v) is 11.0. The summed E-state index contributed by atoms with van der Waals surface area (Å²) in [5, 5.41) is 11.2. The number of hydrogen-bond donors (Lipinski definition) is 2. The number of nitrogens with zero attached hydrogens (tertiary/aromatic N) is 1. The summed E-state index contributed by atoms with van der Waals surface area (Å²) in [5.41, 5.74) is 0.403. The lowest BCUT2D eigenvalue weighted by Crippen LogP contribution is -2.13. The molecule has 0 fully saturated rings. The first kappa shape index (κ1) is 14.4. The topological polar surface area (TPSA) is 88.5 Å². The Balaban J connectivity index is 2.15. The minimum Gasteiger partial charge on any atom is -0.494 e. The van der Waals surface area contributed by atoms with Crippen LogP contribution in [0.5, 0.6) is 5.75 Å². The number of carbonyl (C=O) groups is 2. The molecule has 7 heteroatoms. The van der Waals surface area contributed by atoms with Gasteiger partial charge in [0.05, 0.1) is 19.0 Å². The van der Waals surface area contributed by atoms with Gasteiger partial charge in [0.1, 0.15) is 5.69 Å². The van der Waals surface area contributed by atoms with Crippen molar-refractivity contribution in [2.24, 2.45) is 0 Å². The van der Waals surface area contributed by atoms with Crippen LogP contribution in [-0.2, 0) is 0 Å². The van der Waals surface area contributed by atoms with Crippen LogP contribution >= 0.6 is 0 Å². The summed E-state index contributed by atoms with van der Waals surface area (Å²) in [7, 11) is 1.30. The van der Waals surface area contributed by atoms with Crippen LogP contribution in [0.1, 0.15) is 20.8 Å². The van der Waals surface area contributed by atoms with Crippen LogP contribution in [0.3, 0.4) is 0 Å². The predicted octanol–water partition coefficient (Wildman–Crippen LogP) is 2.18. The van der Waals surface area contributed by atoms with Gasteiger partial charge >= 0.3 is 5.97 Å². The number of benzene rings is 1. The molecule has 0 unspecified atom stereocenters. The molecule has 1 heterocycles. The van der Waals surface area contributed by atoms with Crippen molar-refractivity contribution >= 4 is 17.6 Å². The number of nitrogens with one attached hydrogen (secondary N) is 1. The third-order valence-electron chi connectivity index (χ3n) is 2.65. The highest BCUT2D eigenvalue weighted by molar-refractivity contribution is 6.04. The van der Waals surface area contributed by atoms with Crippen molar-refractivity contribution < 1.29 is 23.8 Å². The largest absolute Gasteiger partial charge is 0.494 e. The van der Waals surface area contributed by atoms with Crippen LogP contribution in [0.4, 0.5) is 10.1 Å². The van der Waals surface area contributed by atoms with Gasteiger partial charge in [-0.05, 0) is 30.3 Å². The Morgan fingerprint density at radius 2 is 2.05 bits per heavy atom. The van der Waals surface area contributed by atoms with Gasteiger partial charge in [0.25, 0.3) is 5.91 Å². The number of hydrogen-bond acceptors (Lipinski definition) is 4. The van der Waals surface area contributed by atoms with Crippen LogP contribution in [-0.4, -0.2) is 29.1 Å². The molecule has 6 nitrogen and oxygen atoms in total. The molecular formula is C14H11FN2O4. The van der Waals surface area contributed by atoms with E-state index >= 15 is 0 Å². The molecule has 0 atom stereocenters. The molecule has 0 spiro atoms. The van der Waals surface area contributed by atoms with E-state index in [-0.39, 0.29) is 17.0 Å². The molecule has 0 bridgehead atoms. The van der Waals surface area contributed by atoms with Crippen molar-refractivity contribution in [2.45, 2.75) is 0 Å². The number of halogens is 1. The van der Waals surface area contributed by atoms with Crippen LogP contribution in [0, 0.1) is 5.82 Å². The number of carbonyl (C=O) groups excluding carboxylic acids is 1. The van der Waals surface area contributed by atoms with E-state index in [9.17, 15) is 14.0 Å². The average molecular weight is 290 g/mol. The van der Waals surface area contributed by atoms with E-state index < -0.39 is 17.7 Å². The number of pyridine rings is 1. The third kappa shape index (κ3) is 3.33. The summed E-state index contributed by atoms with van der Waals surface area (Å²) in [6.07, 6.45) is 1.22. The van der Waals surface area contributed by atoms with Crippen molar-refractivity contribution in [3.05, 3.63) is 53.6 Å². The zero-order chi connectivity index (χ0) is 15.4. The lowest BCUT2D eigenvalue weighted by molar-refractivity contribution is 0.0690. The normalized spacial score (nSPS) is 10.0. The molecule has 2 rings (SSSR count). The summed E-state index contributed by atoms with van der Waals surface area (Å²) in [6.45, 7) is 0. The fraction of sp³-hybridized carbons (Fsp3) is 0.0714. The van der Waals surface area contributed by atoms with Gasteiger partial charge in [-0.2, -0.15) is 0 Å². The van der Waals surface area contributed by atoms with Gasteiger partial charge in [-0.15, -0.1) is 0 Å². The molecule has 0 radical (unpaired) electrons. The Labute approximate surface area is 119 Å². The second-order valence-corrected chi connectivity index (χ2v) is 4.04. The van der Waals surface area contributed by atoms with Gasteiger partial charge in [-0.1, -0.05) is 0 Å². The zero-order valence-electron chi connectivity index (χ0n) is 11.0. The lowest BCUT2D eigenvalue weighted by Gasteiger charge is -2.07. The number of aromatic carboxylic acids is 1. The second kappa shape index (κ2) is 6.00. The van der Waals surface area contributed by atoms with Gasteiger partial charge in [0, 0.05) is 5.56 Å². The van der Waals surface area contributed by atoms with Crippen LogP contribution < -0.4 is 10.1 Å². The molecule has 0 aliphatic rings. The third-order valence-corrected chi connectivity index (χ3v) is 2.65. The van der Waals surface area contributed by atoms with Crippen LogP contribution in [0.25, 0.3) is 0 Å².